The molecule has 0 N–H and O–H groups in total. The molecule has 3 heteroatoms. The second-order valence-corrected chi connectivity index (χ2v) is 3.79. The highest BCUT2D eigenvalue weighted by Gasteiger charge is 2.29. The maximum absolute atomic E-state index is 8.78. The average molecular weight is 183 g/mol. The van der Waals surface area contributed by atoms with Crippen molar-refractivity contribution in [2.45, 2.75) is 19.8 Å². The number of ether oxygens (including phenoxy) is 1. The van der Waals surface area contributed by atoms with Gasteiger partial charge in [0, 0.05) is 0 Å². The molecule has 0 aromatic carbocycles. The second-order valence-electron chi connectivity index (χ2n) is 3.79. The first-order valence-corrected chi connectivity index (χ1v) is 5.13. The molecule has 74 valence electrons. The molecule has 3 nitrogen and oxygen atoms in total. The van der Waals surface area contributed by atoms with Gasteiger partial charge in [-0.2, -0.15) is 5.26 Å². The summed E-state index contributed by atoms with van der Waals surface area (Å²) in [7, 11) is 0. The molecule has 1 heterocycles. The Balaban J connectivity index is 2.46. The fourth-order valence-electron chi connectivity index (χ4n) is 1.83. The van der Waals surface area contributed by atoms with Crippen LogP contribution in [0.2, 0.25) is 0 Å². The minimum Gasteiger partial charge on any atom is -0.370 e. The van der Waals surface area contributed by atoms with Crippen molar-refractivity contribution >= 4 is 0 Å². The summed E-state index contributed by atoms with van der Waals surface area (Å²) < 4.78 is 6.29. The summed E-state index contributed by atoms with van der Waals surface area (Å²) in [6.45, 7) is 7.69. The number of rotatable bonds is 4. The summed E-state index contributed by atoms with van der Waals surface area (Å²) in [4.78, 5) is 0. The number of hydrogen-bond donors (Lipinski definition) is 0. The summed E-state index contributed by atoms with van der Waals surface area (Å²) in [6.07, 6.45) is 2.44. The Morgan fingerprint density at radius 2 is 2.08 bits per heavy atom. The number of unbranched alkanes of at least 4 members (excludes halogenated alkanes) is 1. The van der Waals surface area contributed by atoms with Gasteiger partial charge in [0.05, 0.1) is 19.8 Å². The topological polar surface area (TPSA) is 33.0 Å². The molecular formula is C10H19N2O+. The van der Waals surface area contributed by atoms with E-state index in [0.29, 0.717) is 6.54 Å². The number of hydrogen-bond acceptors (Lipinski definition) is 2. The molecule has 0 bridgehead atoms. The van der Waals surface area contributed by atoms with E-state index in [9.17, 15) is 0 Å². The lowest BCUT2D eigenvalue weighted by atomic mass is 10.2. The van der Waals surface area contributed by atoms with E-state index < -0.39 is 0 Å². The van der Waals surface area contributed by atoms with Gasteiger partial charge < -0.3 is 9.22 Å². The molecule has 1 aliphatic rings. The first-order chi connectivity index (χ1) is 6.33. The zero-order valence-electron chi connectivity index (χ0n) is 8.46. The lowest BCUT2D eigenvalue weighted by Crippen LogP contribution is -2.55. The summed E-state index contributed by atoms with van der Waals surface area (Å²) >= 11 is 0. The molecule has 0 atom stereocenters. The third kappa shape index (κ3) is 2.98. The zero-order valence-corrected chi connectivity index (χ0v) is 8.46. The van der Waals surface area contributed by atoms with Gasteiger partial charge in [0.2, 0.25) is 0 Å². The molecule has 0 radical (unpaired) electrons. The van der Waals surface area contributed by atoms with Crippen molar-refractivity contribution in [1.82, 2.24) is 0 Å². The van der Waals surface area contributed by atoms with E-state index in [1.807, 2.05) is 0 Å². The van der Waals surface area contributed by atoms with E-state index in [1.165, 1.54) is 12.8 Å². The Bertz CT molecular complexity index is 180. The molecule has 1 fully saturated rings. The summed E-state index contributed by atoms with van der Waals surface area (Å²) in [5.41, 5.74) is 0. The van der Waals surface area contributed by atoms with Crippen LogP contribution in [0, 0.1) is 11.3 Å². The van der Waals surface area contributed by atoms with E-state index in [-0.39, 0.29) is 0 Å². The van der Waals surface area contributed by atoms with Gasteiger partial charge in [0.15, 0.2) is 6.54 Å². The average Bonchev–Trinajstić information content (AvgIpc) is 2.17. The van der Waals surface area contributed by atoms with Gasteiger partial charge in [-0.15, -0.1) is 0 Å². The van der Waals surface area contributed by atoms with Crippen LogP contribution in [0.3, 0.4) is 0 Å². The number of nitrogens with zero attached hydrogens (tertiary/aromatic N) is 2. The van der Waals surface area contributed by atoms with Gasteiger partial charge in [-0.25, -0.2) is 0 Å². The SMILES string of the molecule is CCCC[N+]1(CC#N)CCOCC1. The Morgan fingerprint density at radius 3 is 2.62 bits per heavy atom. The molecule has 0 unspecified atom stereocenters. The Kier molecular flexibility index (Phi) is 4.20. The Morgan fingerprint density at radius 1 is 1.38 bits per heavy atom. The Hall–Kier alpha value is -0.590. The molecule has 0 saturated carbocycles. The van der Waals surface area contributed by atoms with Gasteiger partial charge in [-0.1, -0.05) is 13.3 Å². The molecule has 1 aliphatic heterocycles. The Labute approximate surface area is 80.5 Å². The lowest BCUT2D eigenvalue weighted by Gasteiger charge is -2.39. The maximum atomic E-state index is 8.78. The molecule has 0 aromatic heterocycles. The predicted octanol–water partition coefficient (Wildman–Crippen LogP) is 1.16. The highest BCUT2D eigenvalue weighted by Crippen LogP contribution is 2.12. The quantitative estimate of drug-likeness (QED) is 0.484. The fourth-order valence-corrected chi connectivity index (χ4v) is 1.83. The summed E-state index contributed by atoms with van der Waals surface area (Å²) in [6, 6.07) is 2.30. The molecule has 0 aliphatic carbocycles. The summed E-state index contributed by atoms with van der Waals surface area (Å²) in [5, 5.41) is 8.78. The molecule has 13 heavy (non-hydrogen) atoms. The van der Waals surface area contributed by atoms with Crippen LogP contribution in [0.5, 0.6) is 0 Å². The van der Waals surface area contributed by atoms with Gasteiger partial charge >= 0.3 is 0 Å². The third-order valence-corrected chi connectivity index (χ3v) is 2.81. The van der Waals surface area contributed by atoms with Crippen molar-refractivity contribution in [1.29, 1.82) is 5.26 Å². The molecular weight excluding hydrogens is 164 g/mol. The monoisotopic (exact) mass is 183 g/mol. The van der Waals surface area contributed by atoms with Crippen LogP contribution in [-0.2, 0) is 4.74 Å². The van der Waals surface area contributed by atoms with E-state index in [4.69, 9.17) is 10.00 Å². The molecule has 1 saturated heterocycles. The molecule has 0 amide bonds. The van der Waals surface area contributed by atoms with Gasteiger partial charge in [-0.3, -0.25) is 0 Å². The van der Waals surface area contributed by atoms with Crippen LogP contribution in [0.4, 0.5) is 0 Å². The first kappa shape index (κ1) is 10.5. The standard InChI is InChI=1S/C10H19N2O/c1-2-3-5-12(6-4-11)7-9-13-10-8-12/h2-3,5-10H2,1H3/q+1. The van der Waals surface area contributed by atoms with Crippen LogP contribution in [0.25, 0.3) is 0 Å². The molecule has 1 rings (SSSR count). The van der Waals surface area contributed by atoms with E-state index in [2.05, 4.69) is 13.0 Å². The van der Waals surface area contributed by atoms with E-state index in [0.717, 1.165) is 37.3 Å². The second kappa shape index (κ2) is 5.21. The normalized spacial score (nSPS) is 20.9. The number of morpholine rings is 1. The van der Waals surface area contributed by atoms with Crippen molar-refractivity contribution in [3.05, 3.63) is 0 Å². The van der Waals surface area contributed by atoms with Gasteiger partial charge in [0.1, 0.15) is 19.2 Å². The van der Waals surface area contributed by atoms with Crippen molar-refractivity contribution in [3.8, 4) is 6.07 Å². The van der Waals surface area contributed by atoms with Crippen LogP contribution < -0.4 is 0 Å². The molecule has 0 aromatic rings. The highest BCUT2D eigenvalue weighted by molar-refractivity contribution is 4.70. The zero-order chi connectivity index (χ0) is 9.57. The van der Waals surface area contributed by atoms with Crippen LogP contribution in [0.15, 0.2) is 0 Å². The first-order valence-electron chi connectivity index (χ1n) is 5.13. The van der Waals surface area contributed by atoms with E-state index >= 15 is 0 Å². The van der Waals surface area contributed by atoms with Crippen molar-refractivity contribution in [2.24, 2.45) is 0 Å². The third-order valence-electron chi connectivity index (χ3n) is 2.81. The predicted molar refractivity (Wildman–Crippen MR) is 51.1 cm³/mol. The van der Waals surface area contributed by atoms with Gasteiger partial charge in [0.25, 0.3) is 0 Å². The minimum absolute atomic E-state index is 0.656. The highest BCUT2D eigenvalue weighted by atomic mass is 16.5. The van der Waals surface area contributed by atoms with Crippen LogP contribution >= 0.6 is 0 Å². The number of nitriles is 1. The van der Waals surface area contributed by atoms with Crippen molar-refractivity contribution < 1.29 is 9.22 Å². The summed E-state index contributed by atoms with van der Waals surface area (Å²) in [5.74, 6) is 0. The lowest BCUT2D eigenvalue weighted by molar-refractivity contribution is -0.929. The smallest absolute Gasteiger partial charge is 0.166 e. The van der Waals surface area contributed by atoms with E-state index in [1.54, 1.807) is 0 Å². The minimum atomic E-state index is 0.656. The number of quaternary nitrogens is 1. The fraction of sp³-hybridized carbons (Fsp3) is 0.900. The maximum Gasteiger partial charge on any atom is 0.166 e. The van der Waals surface area contributed by atoms with Gasteiger partial charge in [-0.05, 0) is 6.42 Å². The van der Waals surface area contributed by atoms with Crippen LogP contribution in [0.1, 0.15) is 19.8 Å². The largest absolute Gasteiger partial charge is 0.370 e. The van der Waals surface area contributed by atoms with Crippen molar-refractivity contribution in [2.75, 3.05) is 39.4 Å². The van der Waals surface area contributed by atoms with Crippen LogP contribution in [-0.4, -0.2) is 43.9 Å². The molecule has 0 spiro atoms. The van der Waals surface area contributed by atoms with Crippen molar-refractivity contribution in [3.63, 3.8) is 0 Å².